The van der Waals surface area contributed by atoms with Gasteiger partial charge in [0.15, 0.2) is 0 Å². The van der Waals surface area contributed by atoms with Crippen LogP contribution in [0.5, 0.6) is 0 Å². The van der Waals surface area contributed by atoms with Crippen molar-refractivity contribution in [2.24, 2.45) is 29.4 Å². The molecule has 0 atom stereocenters. The highest BCUT2D eigenvalue weighted by molar-refractivity contribution is 5.13. The first-order chi connectivity index (χ1) is 9.75. The van der Waals surface area contributed by atoms with E-state index in [0.717, 1.165) is 11.6 Å². The third-order valence-corrected chi connectivity index (χ3v) is 3.02. The fourth-order valence-electron chi connectivity index (χ4n) is 2.40. The monoisotopic (exact) mass is 311 g/mol. The Morgan fingerprint density at radius 3 is 0.818 bits per heavy atom. The highest BCUT2D eigenvalue weighted by Crippen LogP contribution is 2.22. The molecule has 0 radical (unpaired) electrons. The van der Waals surface area contributed by atoms with Gasteiger partial charge in [0.25, 0.3) is 0 Å². The summed E-state index contributed by atoms with van der Waals surface area (Å²) in [6, 6.07) is 0. The topological polar surface area (TPSA) is 26.0 Å². The van der Waals surface area contributed by atoms with Crippen LogP contribution in [-0.2, 0) is 0 Å². The molecule has 0 unspecified atom stereocenters. The predicted molar refractivity (Wildman–Crippen MR) is 106 cm³/mol. The van der Waals surface area contributed by atoms with E-state index in [-0.39, 0.29) is 0 Å². The Morgan fingerprint density at radius 1 is 0.545 bits per heavy atom. The first-order valence-electron chi connectivity index (χ1n) is 8.85. The molecule has 0 rings (SSSR count). The third kappa shape index (κ3) is 17.3. The predicted octanol–water partition coefficient (Wildman–Crippen LogP) is 7.19. The number of nitrogens with two attached hydrogens (primary N) is 1. The van der Waals surface area contributed by atoms with Crippen molar-refractivity contribution in [3.05, 3.63) is 22.4 Å². The van der Waals surface area contributed by atoms with Crippen LogP contribution in [0.3, 0.4) is 0 Å². The Morgan fingerprint density at radius 2 is 0.818 bits per heavy atom. The summed E-state index contributed by atoms with van der Waals surface area (Å²) in [5.41, 5.74) is 11.0. The minimum Gasteiger partial charge on any atom is -0.402 e. The summed E-state index contributed by atoms with van der Waals surface area (Å²) >= 11 is 0. The smallest absolute Gasteiger partial charge is 0.00927 e. The number of hydrogen-bond acceptors (Lipinski definition) is 1. The van der Waals surface area contributed by atoms with Crippen molar-refractivity contribution >= 4 is 0 Å². The first-order valence-corrected chi connectivity index (χ1v) is 8.85. The Labute approximate surface area is 142 Å². The molecule has 0 saturated carbocycles. The maximum atomic E-state index is 5.64. The maximum Gasteiger partial charge on any atom is 0.00927 e. The SMILES string of the molecule is CC(C)=C(C(C)C)C(C)C.CC(C)=C(N)C(C)C.CC(C)C. The summed E-state index contributed by atoms with van der Waals surface area (Å²) in [5.74, 6) is 2.76. The standard InChI is InChI=1S/C10H20.C7H15N.C4H10/c1-7(2)10(8(3)4)9(5)6;1-5(2)7(8)6(3)4;1-4(2)3/h7-8H,1-6H3;5H,8H2,1-4H3;4H,1-3H3. The molecule has 0 bridgehead atoms. The van der Waals surface area contributed by atoms with E-state index >= 15 is 0 Å². The molecule has 134 valence electrons. The number of hydrogen-bond donors (Lipinski definition) is 1. The van der Waals surface area contributed by atoms with Crippen LogP contribution in [0.25, 0.3) is 0 Å². The molecule has 0 heterocycles. The minimum absolute atomic E-state index is 0.500. The van der Waals surface area contributed by atoms with Crippen molar-refractivity contribution in [3.8, 4) is 0 Å². The molecule has 0 aromatic heterocycles. The van der Waals surface area contributed by atoms with Gasteiger partial charge in [0, 0.05) is 5.70 Å². The average Bonchev–Trinajstić information content (AvgIpc) is 2.25. The first kappa shape index (κ1) is 26.2. The number of allylic oxidation sites excluding steroid dienone is 4. The van der Waals surface area contributed by atoms with Crippen LogP contribution in [0.4, 0.5) is 0 Å². The third-order valence-electron chi connectivity index (χ3n) is 3.02. The van der Waals surface area contributed by atoms with Crippen LogP contribution in [0.1, 0.15) is 90.0 Å². The summed E-state index contributed by atoms with van der Waals surface area (Å²) in [6.07, 6.45) is 0. The van der Waals surface area contributed by atoms with Gasteiger partial charge in [-0.2, -0.15) is 0 Å². The van der Waals surface area contributed by atoms with Crippen LogP contribution >= 0.6 is 0 Å². The normalized spacial score (nSPS) is 10.0. The molecule has 0 aromatic carbocycles. The zero-order chi connectivity index (χ0) is 18.6. The van der Waals surface area contributed by atoms with Gasteiger partial charge in [-0.15, -0.1) is 0 Å². The van der Waals surface area contributed by atoms with E-state index in [0.29, 0.717) is 17.8 Å². The van der Waals surface area contributed by atoms with Crippen LogP contribution in [0.2, 0.25) is 0 Å². The van der Waals surface area contributed by atoms with Gasteiger partial charge in [0.2, 0.25) is 0 Å². The lowest BCUT2D eigenvalue weighted by Crippen LogP contribution is -2.06. The van der Waals surface area contributed by atoms with E-state index in [4.69, 9.17) is 5.73 Å². The van der Waals surface area contributed by atoms with E-state index in [1.165, 1.54) is 11.1 Å². The van der Waals surface area contributed by atoms with Crippen molar-refractivity contribution < 1.29 is 0 Å². The van der Waals surface area contributed by atoms with Gasteiger partial charge in [-0.05, 0) is 51.4 Å². The molecule has 0 aliphatic heterocycles. The lowest BCUT2D eigenvalue weighted by atomic mass is 9.89. The van der Waals surface area contributed by atoms with Crippen LogP contribution in [-0.4, -0.2) is 0 Å². The Bertz CT molecular complexity index is 307. The van der Waals surface area contributed by atoms with Gasteiger partial charge >= 0.3 is 0 Å². The average molecular weight is 312 g/mol. The van der Waals surface area contributed by atoms with E-state index in [1.54, 1.807) is 5.57 Å². The second-order valence-electron chi connectivity index (χ2n) is 8.11. The van der Waals surface area contributed by atoms with Gasteiger partial charge in [-0.1, -0.05) is 79.0 Å². The molecule has 1 nitrogen and oxygen atoms in total. The molecular weight excluding hydrogens is 266 g/mol. The summed E-state index contributed by atoms with van der Waals surface area (Å²) in [7, 11) is 0. The molecule has 1 heteroatoms. The summed E-state index contributed by atoms with van der Waals surface area (Å²) in [4.78, 5) is 0. The Kier molecular flexibility index (Phi) is 16.6. The molecule has 0 fully saturated rings. The second kappa shape index (κ2) is 13.9. The van der Waals surface area contributed by atoms with Crippen molar-refractivity contribution in [1.82, 2.24) is 0 Å². The second-order valence-corrected chi connectivity index (χ2v) is 8.11. The fraction of sp³-hybridized carbons (Fsp3) is 0.810. The van der Waals surface area contributed by atoms with Crippen molar-refractivity contribution in [1.29, 1.82) is 0 Å². The zero-order valence-corrected chi connectivity index (χ0v) is 17.9. The molecule has 0 spiro atoms. The number of rotatable bonds is 3. The van der Waals surface area contributed by atoms with E-state index in [2.05, 4.69) is 76.2 Å². The largest absolute Gasteiger partial charge is 0.402 e. The zero-order valence-electron chi connectivity index (χ0n) is 17.9. The van der Waals surface area contributed by atoms with E-state index in [1.807, 2.05) is 13.8 Å². The minimum atomic E-state index is 0.500. The molecule has 0 saturated heterocycles. The molecule has 22 heavy (non-hydrogen) atoms. The molecule has 2 N–H and O–H groups in total. The molecule has 0 amide bonds. The van der Waals surface area contributed by atoms with Crippen molar-refractivity contribution in [2.75, 3.05) is 0 Å². The van der Waals surface area contributed by atoms with Gasteiger partial charge in [0.1, 0.15) is 0 Å². The Hall–Kier alpha value is -0.720. The molecule has 0 aromatic rings. The maximum absolute atomic E-state index is 5.64. The summed E-state index contributed by atoms with van der Waals surface area (Å²) in [6.45, 7) is 28.2. The van der Waals surface area contributed by atoms with Gasteiger partial charge in [-0.25, -0.2) is 0 Å². The van der Waals surface area contributed by atoms with Gasteiger partial charge in [-0.3, -0.25) is 0 Å². The molecular formula is C21H45N. The van der Waals surface area contributed by atoms with E-state index < -0.39 is 0 Å². The van der Waals surface area contributed by atoms with Crippen LogP contribution < -0.4 is 5.73 Å². The highest BCUT2D eigenvalue weighted by Gasteiger charge is 2.08. The quantitative estimate of drug-likeness (QED) is 0.548. The lowest BCUT2D eigenvalue weighted by molar-refractivity contribution is 0.615. The Balaban J connectivity index is -0.000000269. The molecule has 0 aliphatic carbocycles. The highest BCUT2D eigenvalue weighted by atomic mass is 14.6. The van der Waals surface area contributed by atoms with Crippen molar-refractivity contribution in [3.63, 3.8) is 0 Å². The van der Waals surface area contributed by atoms with Crippen LogP contribution in [0.15, 0.2) is 22.4 Å². The fourth-order valence-corrected chi connectivity index (χ4v) is 2.40. The van der Waals surface area contributed by atoms with Crippen molar-refractivity contribution in [2.45, 2.75) is 90.0 Å². The lowest BCUT2D eigenvalue weighted by Gasteiger charge is -2.17. The summed E-state index contributed by atoms with van der Waals surface area (Å²) < 4.78 is 0. The van der Waals surface area contributed by atoms with E-state index in [9.17, 15) is 0 Å². The molecule has 0 aliphatic rings. The van der Waals surface area contributed by atoms with Crippen LogP contribution in [0, 0.1) is 23.7 Å². The van der Waals surface area contributed by atoms with Gasteiger partial charge in [0.05, 0.1) is 0 Å². The summed E-state index contributed by atoms with van der Waals surface area (Å²) in [5, 5.41) is 0. The van der Waals surface area contributed by atoms with Gasteiger partial charge < -0.3 is 5.73 Å².